The van der Waals surface area contributed by atoms with Crippen LogP contribution in [0.3, 0.4) is 0 Å². The summed E-state index contributed by atoms with van der Waals surface area (Å²) < 4.78 is 5.82. The number of pyridine rings is 1. The highest BCUT2D eigenvalue weighted by Crippen LogP contribution is 2.56. The monoisotopic (exact) mass is 411 g/mol. The molecule has 0 spiro atoms. The van der Waals surface area contributed by atoms with Gasteiger partial charge in [0.25, 0.3) is 0 Å². The summed E-state index contributed by atoms with van der Waals surface area (Å²) in [5.41, 5.74) is 1.07. The van der Waals surface area contributed by atoms with E-state index in [1.165, 1.54) is 5.57 Å². The summed E-state index contributed by atoms with van der Waals surface area (Å²) in [7, 11) is 0. The number of fused-ring (bicyclic) bond motifs is 2. The van der Waals surface area contributed by atoms with Gasteiger partial charge >= 0.3 is 5.97 Å². The van der Waals surface area contributed by atoms with E-state index in [4.69, 9.17) is 4.74 Å². The number of carbonyl (C=O) groups excluding carboxylic acids is 1. The molecule has 0 radical (unpaired) electrons. The first-order valence-corrected chi connectivity index (χ1v) is 11.4. The van der Waals surface area contributed by atoms with Crippen LogP contribution in [-0.2, 0) is 9.53 Å². The van der Waals surface area contributed by atoms with Crippen molar-refractivity contribution in [2.75, 3.05) is 37.6 Å². The molecule has 1 aromatic heterocycles. The van der Waals surface area contributed by atoms with Crippen molar-refractivity contribution in [3.8, 4) is 0 Å². The van der Waals surface area contributed by atoms with Crippen molar-refractivity contribution in [2.45, 2.75) is 45.3 Å². The number of anilines is 1. The third-order valence-corrected chi connectivity index (χ3v) is 8.37. The molecule has 0 bridgehead atoms. The molecule has 2 aliphatic heterocycles. The number of carbonyl (C=O) groups is 1. The molecule has 6 nitrogen and oxygen atoms in total. The van der Waals surface area contributed by atoms with E-state index in [9.17, 15) is 9.90 Å². The Morgan fingerprint density at radius 1 is 1.27 bits per heavy atom. The zero-order valence-electron chi connectivity index (χ0n) is 18.0. The van der Waals surface area contributed by atoms with Crippen molar-refractivity contribution in [1.29, 1.82) is 0 Å². The summed E-state index contributed by atoms with van der Waals surface area (Å²) in [6.45, 7) is 8.72. The molecule has 1 saturated carbocycles. The normalized spacial score (nSPS) is 39.2. The second kappa shape index (κ2) is 7.65. The van der Waals surface area contributed by atoms with Crippen LogP contribution in [-0.4, -0.2) is 65.9 Å². The first kappa shape index (κ1) is 20.0. The predicted molar refractivity (Wildman–Crippen MR) is 115 cm³/mol. The molecular formula is C24H33N3O3. The average Bonchev–Trinajstić information content (AvgIpc) is 3.07. The summed E-state index contributed by atoms with van der Waals surface area (Å²) in [6.07, 6.45) is 6.38. The molecule has 1 aromatic rings. The van der Waals surface area contributed by atoms with E-state index in [0.29, 0.717) is 12.5 Å². The molecule has 3 heterocycles. The number of ether oxygens (including phenoxy) is 1. The number of hydrogen-bond donors (Lipinski definition) is 1. The van der Waals surface area contributed by atoms with Crippen LogP contribution in [0.2, 0.25) is 0 Å². The zero-order valence-corrected chi connectivity index (χ0v) is 18.0. The Bertz CT molecular complexity index is 820. The second-order valence-corrected chi connectivity index (χ2v) is 9.77. The Balaban J connectivity index is 1.28. The van der Waals surface area contributed by atoms with Gasteiger partial charge in [0.05, 0.1) is 12.0 Å². The van der Waals surface area contributed by atoms with Crippen LogP contribution in [0.15, 0.2) is 36.0 Å². The number of piperazine rings is 1. The van der Waals surface area contributed by atoms with E-state index in [1.54, 1.807) is 0 Å². The SMILES string of the molecule is C[C@H]1CCC=C2C[C@H]3OC(=O)[C@@H](CN4CCN(c5ccccn5)CC4)[C@H]3[C@H](O)[C@@]21C. The fourth-order valence-corrected chi connectivity index (χ4v) is 6.25. The molecule has 162 valence electrons. The highest BCUT2D eigenvalue weighted by atomic mass is 16.6. The minimum atomic E-state index is -0.524. The second-order valence-electron chi connectivity index (χ2n) is 9.77. The van der Waals surface area contributed by atoms with Crippen molar-refractivity contribution >= 4 is 11.8 Å². The predicted octanol–water partition coefficient (Wildman–Crippen LogP) is 2.49. The minimum Gasteiger partial charge on any atom is -0.461 e. The van der Waals surface area contributed by atoms with Gasteiger partial charge in [-0.05, 0) is 30.9 Å². The molecule has 3 fully saturated rings. The lowest BCUT2D eigenvalue weighted by molar-refractivity contribution is -0.145. The van der Waals surface area contributed by atoms with E-state index in [2.05, 4.69) is 34.7 Å². The smallest absolute Gasteiger partial charge is 0.311 e. The lowest BCUT2D eigenvalue weighted by Crippen LogP contribution is -2.55. The third kappa shape index (κ3) is 3.16. The summed E-state index contributed by atoms with van der Waals surface area (Å²) in [6, 6.07) is 6.00. The maximum Gasteiger partial charge on any atom is 0.311 e. The Labute approximate surface area is 178 Å². The molecule has 2 aliphatic carbocycles. The van der Waals surface area contributed by atoms with Crippen molar-refractivity contribution in [2.24, 2.45) is 23.2 Å². The van der Waals surface area contributed by atoms with E-state index in [1.807, 2.05) is 24.4 Å². The fraction of sp³-hybridized carbons (Fsp3) is 0.667. The van der Waals surface area contributed by atoms with Gasteiger partial charge in [0, 0.05) is 56.7 Å². The molecular weight excluding hydrogens is 378 g/mol. The van der Waals surface area contributed by atoms with Crippen LogP contribution >= 0.6 is 0 Å². The van der Waals surface area contributed by atoms with E-state index < -0.39 is 6.10 Å². The number of hydrogen-bond acceptors (Lipinski definition) is 6. The van der Waals surface area contributed by atoms with Gasteiger partial charge in [-0.15, -0.1) is 0 Å². The summed E-state index contributed by atoms with van der Waals surface area (Å²) in [5.74, 6) is 0.977. The molecule has 30 heavy (non-hydrogen) atoms. The van der Waals surface area contributed by atoms with Gasteiger partial charge in [-0.2, -0.15) is 0 Å². The number of esters is 1. The number of aromatic nitrogens is 1. The molecule has 0 aromatic carbocycles. The van der Waals surface area contributed by atoms with Gasteiger partial charge in [-0.1, -0.05) is 31.6 Å². The highest BCUT2D eigenvalue weighted by Gasteiger charge is 2.59. The largest absolute Gasteiger partial charge is 0.461 e. The molecule has 4 aliphatic rings. The molecule has 5 rings (SSSR count). The molecule has 0 unspecified atom stereocenters. The van der Waals surface area contributed by atoms with E-state index in [0.717, 1.165) is 51.3 Å². The van der Waals surface area contributed by atoms with Gasteiger partial charge < -0.3 is 14.7 Å². The molecule has 2 saturated heterocycles. The Morgan fingerprint density at radius 2 is 2.07 bits per heavy atom. The Kier molecular flexibility index (Phi) is 5.10. The zero-order chi connectivity index (χ0) is 20.9. The Hall–Kier alpha value is -1.92. The highest BCUT2D eigenvalue weighted by molar-refractivity contribution is 5.76. The number of aliphatic hydroxyl groups excluding tert-OH is 1. The standard InChI is InChI=1S/C24H33N3O3/c1-16-6-5-7-17-14-19-21(22(28)24(16,17)2)18(23(29)30-19)15-26-10-12-27(13-11-26)20-8-3-4-9-25-20/h3-4,7-9,16,18-19,21-22,28H,5-6,10-15H2,1-2H3/t16-,18-,19+,21+,22-,24+/m0/s1. The van der Waals surface area contributed by atoms with Gasteiger partial charge in [-0.25, -0.2) is 4.98 Å². The maximum atomic E-state index is 12.8. The third-order valence-electron chi connectivity index (χ3n) is 8.37. The van der Waals surface area contributed by atoms with Gasteiger partial charge in [0.1, 0.15) is 11.9 Å². The lowest BCUT2D eigenvalue weighted by atomic mass is 9.55. The number of rotatable bonds is 3. The number of nitrogens with zero attached hydrogens (tertiary/aromatic N) is 3. The summed E-state index contributed by atoms with van der Waals surface area (Å²) in [5, 5.41) is 11.5. The minimum absolute atomic E-state index is 0.103. The fourth-order valence-electron chi connectivity index (χ4n) is 6.25. The maximum absolute atomic E-state index is 12.8. The molecule has 6 heteroatoms. The quantitative estimate of drug-likeness (QED) is 0.609. The topological polar surface area (TPSA) is 65.9 Å². The van der Waals surface area contributed by atoms with Crippen LogP contribution in [0, 0.1) is 23.2 Å². The van der Waals surface area contributed by atoms with E-state index in [-0.39, 0.29) is 29.3 Å². The van der Waals surface area contributed by atoms with Gasteiger partial charge in [0.15, 0.2) is 0 Å². The lowest BCUT2D eigenvalue weighted by Gasteiger charge is -2.52. The van der Waals surface area contributed by atoms with Gasteiger partial charge in [-0.3, -0.25) is 9.69 Å². The first-order valence-electron chi connectivity index (χ1n) is 11.4. The van der Waals surface area contributed by atoms with Crippen LogP contribution in [0.25, 0.3) is 0 Å². The molecule has 1 N–H and O–H groups in total. The Morgan fingerprint density at radius 3 is 2.80 bits per heavy atom. The summed E-state index contributed by atoms with van der Waals surface area (Å²) in [4.78, 5) is 21.9. The average molecular weight is 412 g/mol. The number of aliphatic hydroxyl groups is 1. The van der Waals surface area contributed by atoms with Crippen LogP contribution in [0.5, 0.6) is 0 Å². The molecule has 6 atom stereocenters. The van der Waals surface area contributed by atoms with Crippen LogP contribution < -0.4 is 4.90 Å². The summed E-state index contributed by atoms with van der Waals surface area (Å²) >= 11 is 0. The van der Waals surface area contributed by atoms with Gasteiger partial charge in [0.2, 0.25) is 0 Å². The van der Waals surface area contributed by atoms with Crippen molar-refractivity contribution in [3.63, 3.8) is 0 Å². The van der Waals surface area contributed by atoms with Crippen molar-refractivity contribution in [3.05, 3.63) is 36.0 Å². The first-order chi connectivity index (χ1) is 14.5. The molecule has 0 amide bonds. The van der Waals surface area contributed by atoms with Crippen LogP contribution in [0.4, 0.5) is 5.82 Å². The van der Waals surface area contributed by atoms with Crippen LogP contribution in [0.1, 0.15) is 33.1 Å². The van der Waals surface area contributed by atoms with E-state index >= 15 is 0 Å². The van der Waals surface area contributed by atoms with Crippen molar-refractivity contribution < 1.29 is 14.6 Å². The number of allylic oxidation sites excluding steroid dienone is 1. The van der Waals surface area contributed by atoms with Crippen molar-refractivity contribution in [1.82, 2.24) is 9.88 Å².